The highest BCUT2D eigenvalue weighted by Gasteiger charge is 2.18. The van der Waals surface area contributed by atoms with Crippen molar-refractivity contribution in [2.24, 2.45) is 5.92 Å². The van der Waals surface area contributed by atoms with Crippen LogP contribution in [0.3, 0.4) is 0 Å². The van der Waals surface area contributed by atoms with E-state index in [1.807, 2.05) is 18.2 Å². The lowest BCUT2D eigenvalue weighted by Crippen LogP contribution is -2.26. The largest absolute Gasteiger partial charge is 0.311 e. The van der Waals surface area contributed by atoms with Gasteiger partial charge in [-0.3, -0.25) is 9.20 Å². The molecule has 1 saturated heterocycles. The fourth-order valence-corrected chi connectivity index (χ4v) is 2.79. The van der Waals surface area contributed by atoms with E-state index < -0.39 is 0 Å². The Balaban J connectivity index is 1.64. The fraction of sp³-hybridized carbons (Fsp3) is 0.467. The van der Waals surface area contributed by atoms with Gasteiger partial charge in [0.25, 0.3) is 5.56 Å². The first-order valence-electron chi connectivity index (χ1n) is 7.09. The molecule has 3 heterocycles. The predicted molar refractivity (Wildman–Crippen MR) is 78.8 cm³/mol. The van der Waals surface area contributed by atoms with E-state index in [1.54, 1.807) is 16.7 Å². The number of hydrogen-bond donors (Lipinski definition) is 1. The Labute approximate surface area is 118 Å². The maximum absolute atomic E-state index is 12.0. The Bertz CT molecular complexity index is 652. The van der Waals surface area contributed by atoms with Gasteiger partial charge < -0.3 is 10.2 Å². The number of nitrogens with one attached hydrogen (secondary N) is 1. The number of likely N-dealkylation sites (tertiary alicyclic amines) is 1. The van der Waals surface area contributed by atoms with Crippen LogP contribution in [-0.2, 0) is 6.54 Å². The molecule has 1 atom stereocenters. The first-order valence-corrected chi connectivity index (χ1v) is 7.09. The van der Waals surface area contributed by atoms with E-state index in [0.717, 1.165) is 18.8 Å². The Morgan fingerprint density at radius 3 is 3.15 bits per heavy atom. The van der Waals surface area contributed by atoms with Gasteiger partial charge in [-0.05, 0) is 44.6 Å². The number of hydrogen-bond acceptors (Lipinski definition) is 4. The summed E-state index contributed by atoms with van der Waals surface area (Å²) in [4.78, 5) is 18.8. The second kappa shape index (κ2) is 5.73. The molecule has 1 N–H and O–H groups in total. The highest BCUT2D eigenvalue weighted by atomic mass is 16.1. The van der Waals surface area contributed by atoms with E-state index in [4.69, 9.17) is 0 Å². The van der Waals surface area contributed by atoms with Gasteiger partial charge in [0.2, 0.25) is 0 Å². The van der Waals surface area contributed by atoms with Crippen molar-refractivity contribution in [2.75, 3.05) is 26.7 Å². The standard InChI is InChI=1S/C15H20N4O/c1-18-7-5-12(11-18)9-16-10-13-8-15(20)19-6-3-2-4-14(19)17-13/h2-4,6,8,12,16H,5,7,9-11H2,1H3. The minimum atomic E-state index is -0.0204. The van der Waals surface area contributed by atoms with Gasteiger partial charge in [-0.25, -0.2) is 4.98 Å². The van der Waals surface area contributed by atoms with Crippen LogP contribution in [0, 0.1) is 5.92 Å². The van der Waals surface area contributed by atoms with Gasteiger partial charge in [0, 0.05) is 25.4 Å². The monoisotopic (exact) mass is 272 g/mol. The van der Waals surface area contributed by atoms with Crippen LogP contribution in [0.1, 0.15) is 12.1 Å². The lowest BCUT2D eigenvalue weighted by molar-refractivity contribution is 0.388. The van der Waals surface area contributed by atoms with Crippen molar-refractivity contribution in [1.82, 2.24) is 19.6 Å². The maximum atomic E-state index is 12.0. The molecule has 0 saturated carbocycles. The Hall–Kier alpha value is -1.72. The van der Waals surface area contributed by atoms with Crippen molar-refractivity contribution in [1.29, 1.82) is 0 Å². The number of pyridine rings is 1. The summed E-state index contributed by atoms with van der Waals surface area (Å²) in [6.07, 6.45) is 2.99. The van der Waals surface area contributed by atoms with Crippen LogP contribution < -0.4 is 10.9 Å². The third-order valence-electron chi connectivity index (χ3n) is 3.85. The molecule has 1 fully saturated rings. The SMILES string of the molecule is CN1CCC(CNCc2cc(=O)n3ccccc3n2)C1. The minimum Gasteiger partial charge on any atom is -0.311 e. The molecule has 2 aromatic rings. The summed E-state index contributed by atoms with van der Waals surface area (Å²) in [6.45, 7) is 3.98. The van der Waals surface area contributed by atoms with Crippen LogP contribution in [0.4, 0.5) is 0 Å². The molecule has 0 bridgehead atoms. The van der Waals surface area contributed by atoms with Gasteiger partial charge in [0.05, 0.1) is 5.69 Å². The van der Waals surface area contributed by atoms with Crippen molar-refractivity contribution < 1.29 is 0 Å². The molecule has 5 heteroatoms. The molecule has 1 unspecified atom stereocenters. The lowest BCUT2D eigenvalue weighted by atomic mass is 10.1. The number of aromatic nitrogens is 2. The Morgan fingerprint density at radius 1 is 1.45 bits per heavy atom. The normalized spacial score (nSPS) is 19.8. The molecule has 0 radical (unpaired) electrons. The Kier molecular flexibility index (Phi) is 3.80. The van der Waals surface area contributed by atoms with Gasteiger partial charge in [-0.15, -0.1) is 0 Å². The quantitative estimate of drug-likeness (QED) is 0.892. The molecule has 20 heavy (non-hydrogen) atoms. The predicted octanol–water partition coefficient (Wildman–Crippen LogP) is 0.736. The minimum absolute atomic E-state index is 0.0204. The van der Waals surface area contributed by atoms with Crippen LogP contribution in [0.25, 0.3) is 5.65 Å². The van der Waals surface area contributed by atoms with Gasteiger partial charge in [0.15, 0.2) is 0 Å². The molecule has 106 valence electrons. The summed E-state index contributed by atoms with van der Waals surface area (Å²) in [6, 6.07) is 7.20. The fourth-order valence-electron chi connectivity index (χ4n) is 2.79. The molecule has 0 spiro atoms. The third-order valence-corrected chi connectivity index (χ3v) is 3.85. The average Bonchev–Trinajstić information content (AvgIpc) is 2.85. The molecule has 0 amide bonds. The van der Waals surface area contributed by atoms with E-state index in [-0.39, 0.29) is 5.56 Å². The molecular weight excluding hydrogens is 252 g/mol. The molecular formula is C15H20N4O. The van der Waals surface area contributed by atoms with E-state index in [0.29, 0.717) is 18.1 Å². The van der Waals surface area contributed by atoms with Crippen LogP contribution in [0.5, 0.6) is 0 Å². The zero-order valence-corrected chi connectivity index (χ0v) is 11.7. The molecule has 1 aliphatic heterocycles. The van der Waals surface area contributed by atoms with Gasteiger partial charge in [-0.2, -0.15) is 0 Å². The summed E-state index contributed by atoms with van der Waals surface area (Å²) < 4.78 is 1.56. The smallest absolute Gasteiger partial charge is 0.258 e. The summed E-state index contributed by atoms with van der Waals surface area (Å²) in [5.74, 6) is 0.710. The second-order valence-electron chi connectivity index (χ2n) is 5.56. The summed E-state index contributed by atoms with van der Waals surface area (Å²) in [5, 5.41) is 3.42. The lowest BCUT2D eigenvalue weighted by Gasteiger charge is -2.11. The van der Waals surface area contributed by atoms with Crippen molar-refractivity contribution >= 4 is 5.65 Å². The summed E-state index contributed by atoms with van der Waals surface area (Å²) in [7, 11) is 2.16. The van der Waals surface area contributed by atoms with E-state index in [1.165, 1.54) is 13.0 Å². The molecule has 0 aromatic carbocycles. The van der Waals surface area contributed by atoms with E-state index in [9.17, 15) is 4.79 Å². The number of fused-ring (bicyclic) bond motifs is 1. The van der Waals surface area contributed by atoms with Crippen molar-refractivity contribution in [3.8, 4) is 0 Å². The highest BCUT2D eigenvalue weighted by molar-refractivity contribution is 5.37. The average molecular weight is 272 g/mol. The van der Waals surface area contributed by atoms with E-state index >= 15 is 0 Å². The first-order chi connectivity index (χ1) is 9.72. The van der Waals surface area contributed by atoms with E-state index in [2.05, 4.69) is 22.2 Å². The van der Waals surface area contributed by atoms with Crippen molar-refractivity contribution in [3.05, 3.63) is 46.5 Å². The van der Waals surface area contributed by atoms with Gasteiger partial charge >= 0.3 is 0 Å². The zero-order valence-electron chi connectivity index (χ0n) is 11.7. The molecule has 5 nitrogen and oxygen atoms in total. The summed E-state index contributed by atoms with van der Waals surface area (Å²) in [5.41, 5.74) is 1.50. The van der Waals surface area contributed by atoms with Crippen LogP contribution in [-0.4, -0.2) is 41.0 Å². The zero-order chi connectivity index (χ0) is 13.9. The topological polar surface area (TPSA) is 49.6 Å². The van der Waals surface area contributed by atoms with Gasteiger partial charge in [-0.1, -0.05) is 6.07 Å². The molecule has 2 aromatic heterocycles. The molecule has 3 rings (SSSR count). The maximum Gasteiger partial charge on any atom is 0.258 e. The number of nitrogens with zero attached hydrogens (tertiary/aromatic N) is 3. The van der Waals surface area contributed by atoms with Crippen molar-refractivity contribution in [2.45, 2.75) is 13.0 Å². The highest BCUT2D eigenvalue weighted by Crippen LogP contribution is 2.12. The van der Waals surface area contributed by atoms with Crippen LogP contribution >= 0.6 is 0 Å². The number of rotatable bonds is 4. The first kappa shape index (κ1) is 13.3. The van der Waals surface area contributed by atoms with Crippen LogP contribution in [0.2, 0.25) is 0 Å². The second-order valence-corrected chi connectivity index (χ2v) is 5.56. The Morgan fingerprint density at radius 2 is 2.35 bits per heavy atom. The van der Waals surface area contributed by atoms with Gasteiger partial charge in [0.1, 0.15) is 5.65 Å². The third kappa shape index (κ3) is 2.89. The summed E-state index contributed by atoms with van der Waals surface area (Å²) >= 11 is 0. The molecule has 0 aliphatic carbocycles. The molecule has 1 aliphatic rings. The van der Waals surface area contributed by atoms with Crippen molar-refractivity contribution in [3.63, 3.8) is 0 Å². The van der Waals surface area contributed by atoms with Crippen LogP contribution in [0.15, 0.2) is 35.3 Å².